The summed E-state index contributed by atoms with van der Waals surface area (Å²) in [4.78, 5) is 21.8. The van der Waals surface area contributed by atoms with E-state index in [4.69, 9.17) is 9.47 Å². The zero-order valence-electron chi connectivity index (χ0n) is 21.9. The molecule has 7 heteroatoms. The molecular formula is C30H35N3O3S. The first kappa shape index (κ1) is 25.5. The van der Waals surface area contributed by atoms with Crippen LogP contribution < -0.4 is 14.4 Å². The van der Waals surface area contributed by atoms with Gasteiger partial charge in [-0.2, -0.15) is 0 Å². The molecule has 194 valence electrons. The first-order valence-electron chi connectivity index (χ1n) is 13.1. The van der Waals surface area contributed by atoms with Crippen molar-refractivity contribution in [3.05, 3.63) is 60.0 Å². The topological polar surface area (TPSA) is 54.9 Å². The average molecular weight is 518 g/mol. The SMILES string of the molecule is CC(C)(C)C(=O)Oc1ccc2ccc(OCCCCN3CCN(c4cccc5sccc45)CC3)cc2n1. The van der Waals surface area contributed by atoms with Crippen molar-refractivity contribution >= 4 is 44.0 Å². The summed E-state index contributed by atoms with van der Waals surface area (Å²) < 4.78 is 12.8. The molecule has 2 aromatic carbocycles. The number of piperazine rings is 1. The molecule has 0 amide bonds. The third-order valence-electron chi connectivity index (χ3n) is 6.77. The number of carbonyl (C=O) groups is 1. The van der Waals surface area contributed by atoms with Gasteiger partial charge in [0, 0.05) is 59.5 Å². The first-order chi connectivity index (χ1) is 17.9. The third-order valence-corrected chi connectivity index (χ3v) is 7.65. The fourth-order valence-corrected chi connectivity index (χ4v) is 5.37. The van der Waals surface area contributed by atoms with Crippen molar-refractivity contribution in [2.24, 2.45) is 5.41 Å². The normalized spacial score (nSPS) is 14.8. The lowest BCUT2D eigenvalue weighted by molar-refractivity contribution is -0.143. The second kappa shape index (κ2) is 11.1. The number of unbranched alkanes of at least 4 members (excludes halogenated alkanes) is 1. The molecule has 0 saturated carbocycles. The Morgan fingerprint density at radius 2 is 1.81 bits per heavy atom. The van der Waals surface area contributed by atoms with Crippen LogP contribution in [0.5, 0.6) is 11.6 Å². The van der Waals surface area contributed by atoms with E-state index in [1.807, 2.05) is 56.4 Å². The summed E-state index contributed by atoms with van der Waals surface area (Å²) in [6.07, 6.45) is 2.11. The lowest BCUT2D eigenvalue weighted by Gasteiger charge is -2.36. The quantitative estimate of drug-likeness (QED) is 0.200. The van der Waals surface area contributed by atoms with Gasteiger partial charge in [-0.05, 0) is 81.9 Å². The van der Waals surface area contributed by atoms with E-state index in [1.165, 1.54) is 15.8 Å². The predicted molar refractivity (Wildman–Crippen MR) is 152 cm³/mol. The number of ether oxygens (including phenoxy) is 2. The van der Waals surface area contributed by atoms with Gasteiger partial charge in [0.25, 0.3) is 0 Å². The number of fused-ring (bicyclic) bond motifs is 2. The van der Waals surface area contributed by atoms with Crippen LogP contribution >= 0.6 is 11.3 Å². The number of esters is 1. The molecule has 4 aromatic rings. The van der Waals surface area contributed by atoms with E-state index in [9.17, 15) is 4.79 Å². The van der Waals surface area contributed by atoms with Crippen LogP contribution in [-0.4, -0.2) is 55.2 Å². The molecule has 0 atom stereocenters. The van der Waals surface area contributed by atoms with Gasteiger partial charge in [0.05, 0.1) is 17.5 Å². The Morgan fingerprint density at radius 3 is 2.62 bits per heavy atom. The standard InChI is InChI=1S/C30H35N3O3S/c1-30(2,3)29(34)36-28-12-10-22-9-11-23(21-25(22)31-28)35-19-5-4-14-32-15-17-33(18-16-32)26-7-6-8-27-24(26)13-20-37-27/h6-13,20-21H,4-5,14-19H2,1-3H3. The number of aromatic nitrogens is 1. The van der Waals surface area contributed by atoms with Gasteiger partial charge in [-0.15, -0.1) is 11.3 Å². The van der Waals surface area contributed by atoms with Gasteiger partial charge in [0.1, 0.15) is 5.75 Å². The van der Waals surface area contributed by atoms with Crippen LogP contribution in [-0.2, 0) is 4.79 Å². The second-order valence-corrected chi connectivity index (χ2v) is 11.6. The fraction of sp³-hybridized carbons (Fsp3) is 0.400. The molecule has 6 nitrogen and oxygen atoms in total. The molecule has 0 radical (unpaired) electrons. The number of hydrogen-bond acceptors (Lipinski definition) is 7. The van der Waals surface area contributed by atoms with Crippen LogP contribution in [0, 0.1) is 5.41 Å². The van der Waals surface area contributed by atoms with E-state index >= 15 is 0 Å². The number of benzene rings is 2. The highest BCUT2D eigenvalue weighted by molar-refractivity contribution is 7.17. The van der Waals surface area contributed by atoms with Gasteiger partial charge in [0.15, 0.2) is 0 Å². The van der Waals surface area contributed by atoms with Crippen LogP contribution in [0.1, 0.15) is 33.6 Å². The van der Waals surface area contributed by atoms with Gasteiger partial charge in [-0.3, -0.25) is 9.69 Å². The minimum atomic E-state index is -0.575. The first-order valence-corrected chi connectivity index (χ1v) is 13.9. The Labute approximate surface area is 222 Å². The average Bonchev–Trinajstić information content (AvgIpc) is 3.37. The number of nitrogens with zero attached hydrogens (tertiary/aromatic N) is 3. The van der Waals surface area contributed by atoms with Crippen LogP contribution in [0.3, 0.4) is 0 Å². The molecule has 0 bridgehead atoms. The molecular weight excluding hydrogens is 482 g/mol. The lowest BCUT2D eigenvalue weighted by Crippen LogP contribution is -2.46. The maximum Gasteiger partial charge on any atom is 0.317 e. The summed E-state index contributed by atoms with van der Waals surface area (Å²) in [6.45, 7) is 11.6. The third kappa shape index (κ3) is 6.22. The van der Waals surface area contributed by atoms with E-state index in [-0.39, 0.29) is 5.97 Å². The Bertz CT molecular complexity index is 1370. The van der Waals surface area contributed by atoms with Crippen molar-refractivity contribution in [1.82, 2.24) is 9.88 Å². The Balaban J connectivity index is 1.06. The van der Waals surface area contributed by atoms with Crippen molar-refractivity contribution in [3.63, 3.8) is 0 Å². The molecule has 0 unspecified atom stereocenters. The molecule has 1 saturated heterocycles. The maximum absolute atomic E-state index is 12.2. The van der Waals surface area contributed by atoms with Gasteiger partial charge < -0.3 is 14.4 Å². The van der Waals surface area contributed by atoms with Crippen LogP contribution in [0.4, 0.5) is 5.69 Å². The highest BCUT2D eigenvalue weighted by Gasteiger charge is 2.24. The largest absolute Gasteiger partial charge is 0.494 e. The lowest BCUT2D eigenvalue weighted by atomic mass is 9.97. The number of rotatable bonds is 8. The Morgan fingerprint density at radius 1 is 1.00 bits per heavy atom. The zero-order valence-corrected chi connectivity index (χ0v) is 22.7. The van der Waals surface area contributed by atoms with Crippen LogP contribution in [0.2, 0.25) is 0 Å². The molecule has 1 aliphatic rings. The highest BCUT2D eigenvalue weighted by atomic mass is 32.1. The van der Waals surface area contributed by atoms with E-state index in [0.29, 0.717) is 12.5 Å². The summed E-state index contributed by atoms with van der Waals surface area (Å²) in [5.74, 6) is 0.806. The van der Waals surface area contributed by atoms with Gasteiger partial charge >= 0.3 is 5.97 Å². The number of carbonyl (C=O) groups excluding carboxylic acids is 1. The Kier molecular flexibility index (Phi) is 7.63. The van der Waals surface area contributed by atoms with Gasteiger partial charge in [-0.1, -0.05) is 6.07 Å². The van der Waals surface area contributed by atoms with Crippen molar-refractivity contribution in [2.45, 2.75) is 33.6 Å². The van der Waals surface area contributed by atoms with E-state index in [1.54, 1.807) is 6.07 Å². The van der Waals surface area contributed by atoms with Crippen molar-refractivity contribution in [3.8, 4) is 11.6 Å². The Hall–Kier alpha value is -3.16. The highest BCUT2D eigenvalue weighted by Crippen LogP contribution is 2.31. The molecule has 0 N–H and O–H groups in total. The molecule has 2 aromatic heterocycles. The summed E-state index contributed by atoms with van der Waals surface area (Å²) in [6, 6.07) is 18.4. The molecule has 5 rings (SSSR count). The second-order valence-electron chi connectivity index (χ2n) is 10.6. The van der Waals surface area contributed by atoms with Crippen molar-refractivity contribution < 1.29 is 14.3 Å². The zero-order chi connectivity index (χ0) is 25.8. The van der Waals surface area contributed by atoms with E-state index in [2.05, 4.69) is 44.4 Å². The van der Waals surface area contributed by atoms with E-state index in [0.717, 1.165) is 62.2 Å². The van der Waals surface area contributed by atoms with E-state index < -0.39 is 5.41 Å². The number of hydrogen-bond donors (Lipinski definition) is 0. The summed E-state index contributed by atoms with van der Waals surface area (Å²) in [7, 11) is 0. The fourth-order valence-electron chi connectivity index (χ4n) is 4.57. The van der Waals surface area contributed by atoms with Crippen LogP contribution in [0.25, 0.3) is 21.0 Å². The van der Waals surface area contributed by atoms with Crippen molar-refractivity contribution in [2.75, 3.05) is 44.2 Å². The van der Waals surface area contributed by atoms with Gasteiger partial charge in [0.2, 0.25) is 5.88 Å². The number of thiophene rings is 1. The number of pyridine rings is 1. The number of anilines is 1. The molecule has 0 aliphatic carbocycles. The smallest absolute Gasteiger partial charge is 0.317 e. The van der Waals surface area contributed by atoms with Gasteiger partial charge in [-0.25, -0.2) is 4.98 Å². The molecule has 3 heterocycles. The molecule has 1 fully saturated rings. The molecule has 0 spiro atoms. The summed E-state index contributed by atoms with van der Waals surface area (Å²) in [5, 5.41) is 4.55. The molecule has 37 heavy (non-hydrogen) atoms. The van der Waals surface area contributed by atoms with Crippen molar-refractivity contribution in [1.29, 1.82) is 0 Å². The van der Waals surface area contributed by atoms with Crippen LogP contribution in [0.15, 0.2) is 60.0 Å². The maximum atomic E-state index is 12.2. The predicted octanol–water partition coefficient (Wildman–Crippen LogP) is 6.38. The minimum absolute atomic E-state index is 0.298. The summed E-state index contributed by atoms with van der Waals surface area (Å²) >= 11 is 1.81. The summed E-state index contributed by atoms with van der Waals surface area (Å²) in [5.41, 5.74) is 1.55. The molecule has 1 aliphatic heterocycles. The minimum Gasteiger partial charge on any atom is -0.494 e. The monoisotopic (exact) mass is 517 g/mol.